The molecule has 0 fully saturated rings. The lowest BCUT2D eigenvalue weighted by Crippen LogP contribution is -2.15. The first kappa shape index (κ1) is 47.3. The molecule has 13 heteroatoms. The Bertz CT molecular complexity index is 980. The van der Waals surface area contributed by atoms with Crippen molar-refractivity contribution in [1.29, 1.82) is 0 Å². The highest BCUT2D eigenvalue weighted by Crippen LogP contribution is 2.13. The van der Waals surface area contributed by atoms with Gasteiger partial charge in [-0.25, -0.2) is 0 Å². The summed E-state index contributed by atoms with van der Waals surface area (Å²) in [7, 11) is -3.76. The summed E-state index contributed by atoms with van der Waals surface area (Å²) in [4.78, 5) is 12.0. The lowest BCUT2D eigenvalue weighted by Gasteiger charge is -2.09. The predicted octanol–water partition coefficient (Wildman–Crippen LogP) is 6.53. The number of benzene rings is 1. The van der Waals surface area contributed by atoms with Gasteiger partial charge in [0.2, 0.25) is 0 Å². The monoisotopic (exact) mass is 748 g/mol. The Hall–Kier alpha value is -1.68. The SMILES string of the molecule is CCCCCCCCCCCCCCCC(=O)OCCOCCOCCOCCOCCOCCOCCOCCOS(=O)(=O)c1ccccc1. The molecule has 0 saturated carbocycles. The normalized spacial score (nSPS) is 11.7. The summed E-state index contributed by atoms with van der Waals surface area (Å²) >= 11 is 0. The third-order valence-electron chi connectivity index (χ3n) is 7.71. The first-order valence-electron chi connectivity index (χ1n) is 19.2. The van der Waals surface area contributed by atoms with Gasteiger partial charge in [-0.05, 0) is 18.6 Å². The highest BCUT2D eigenvalue weighted by molar-refractivity contribution is 7.86. The molecule has 0 radical (unpaired) electrons. The zero-order chi connectivity index (χ0) is 36.8. The molecule has 0 amide bonds. The van der Waals surface area contributed by atoms with Crippen molar-refractivity contribution in [2.45, 2.75) is 102 Å². The molecule has 0 spiro atoms. The molecule has 0 N–H and O–H groups in total. The number of hydrogen-bond acceptors (Lipinski definition) is 12. The minimum Gasteiger partial charge on any atom is -0.463 e. The van der Waals surface area contributed by atoms with E-state index < -0.39 is 10.1 Å². The van der Waals surface area contributed by atoms with Crippen LogP contribution in [0.25, 0.3) is 0 Å². The Morgan fingerprint density at radius 3 is 1.18 bits per heavy atom. The van der Waals surface area contributed by atoms with E-state index in [1.807, 2.05) is 0 Å². The van der Waals surface area contributed by atoms with E-state index in [1.54, 1.807) is 18.2 Å². The molecule has 1 rings (SSSR count). The van der Waals surface area contributed by atoms with Crippen LogP contribution in [0.1, 0.15) is 96.8 Å². The van der Waals surface area contributed by atoms with E-state index in [9.17, 15) is 13.2 Å². The Kier molecular flexibility index (Phi) is 34.0. The van der Waals surface area contributed by atoms with Crippen LogP contribution in [0.5, 0.6) is 0 Å². The minimum absolute atomic E-state index is 0.0592. The number of ether oxygens (including phenoxy) is 8. The first-order chi connectivity index (χ1) is 25.1. The maximum Gasteiger partial charge on any atom is 0.305 e. The molecule has 0 saturated heterocycles. The first-order valence-corrected chi connectivity index (χ1v) is 20.6. The Morgan fingerprint density at radius 2 is 0.784 bits per heavy atom. The summed E-state index contributed by atoms with van der Waals surface area (Å²) in [6, 6.07) is 7.98. The van der Waals surface area contributed by atoms with Crippen molar-refractivity contribution in [1.82, 2.24) is 0 Å². The van der Waals surface area contributed by atoms with Crippen LogP contribution < -0.4 is 0 Å². The Morgan fingerprint density at radius 1 is 0.451 bits per heavy atom. The molecule has 0 unspecified atom stereocenters. The second-order valence-corrected chi connectivity index (χ2v) is 13.7. The van der Waals surface area contributed by atoms with E-state index in [-0.39, 0.29) is 30.7 Å². The molecule has 0 heterocycles. The van der Waals surface area contributed by atoms with Gasteiger partial charge in [0, 0.05) is 6.42 Å². The lowest BCUT2D eigenvalue weighted by molar-refractivity contribution is -0.145. The summed E-state index contributed by atoms with van der Waals surface area (Å²) in [6.07, 6.45) is 17.2. The minimum atomic E-state index is -3.76. The van der Waals surface area contributed by atoms with Crippen LogP contribution in [0.15, 0.2) is 35.2 Å². The van der Waals surface area contributed by atoms with Crippen molar-refractivity contribution >= 4 is 16.1 Å². The second-order valence-electron chi connectivity index (χ2n) is 12.1. The highest BCUT2D eigenvalue weighted by Gasteiger charge is 2.13. The van der Waals surface area contributed by atoms with Crippen LogP contribution in [0, 0.1) is 0 Å². The summed E-state index contributed by atoms with van der Waals surface area (Å²) in [6.45, 7) is 8.24. The van der Waals surface area contributed by atoms with Crippen molar-refractivity contribution in [2.75, 3.05) is 106 Å². The molecule has 0 aliphatic heterocycles. The number of rotatable bonds is 40. The molecule has 0 atom stereocenters. The summed E-state index contributed by atoms with van der Waals surface area (Å²) in [5, 5.41) is 0. The molecule has 0 aliphatic rings. The van der Waals surface area contributed by atoms with Gasteiger partial charge in [0.15, 0.2) is 0 Å². The largest absolute Gasteiger partial charge is 0.463 e. The molecule has 0 aliphatic carbocycles. The van der Waals surface area contributed by atoms with Crippen LogP contribution in [-0.4, -0.2) is 120 Å². The smallest absolute Gasteiger partial charge is 0.305 e. The number of carbonyl (C=O) groups excluding carboxylic acids is 1. The van der Waals surface area contributed by atoms with Gasteiger partial charge >= 0.3 is 5.97 Å². The number of hydrogen-bond donors (Lipinski definition) is 0. The molecule has 0 bridgehead atoms. The number of esters is 1. The standard InChI is InChI=1S/C38H68O12S/c1-2-3-4-5-6-7-8-9-10-11-12-13-17-20-38(39)49-35-33-47-31-29-45-27-25-43-23-21-42-22-24-44-26-28-46-30-32-48-34-36-50-51(40,41)37-18-15-14-16-19-37/h14-16,18-19H,2-13,17,20-36H2,1H3. The van der Waals surface area contributed by atoms with Crippen LogP contribution in [-0.2, 0) is 57.0 Å². The fraction of sp³-hybridized carbons (Fsp3) is 0.816. The summed E-state index contributed by atoms with van der Waals surface area (Å²) in [5.41, 5.74) is 0. The van der Waals surface area contributed by atoms with Gasteiger partial charge in [-0.3, -0.25) is 8.98 Å². The summed E-state index contributed by atoms with van der Waals surface area (Å²) in [5.74, 6) is -0.141. The Balaban J connectivity index is 1.68. The van der Waals surface area contributed by atoms with Crippen LogP contribution in [0.3, 0.4) is 0 Å². The number of unbranched alkanes of at least 4 members (excludes halogenated alkanes) is 12. The quantitative estimate of drug-likeness (QED) is 0.0410. The van der Waals surface area contributed by atoms with Crippen molar-refractivity contribution in [3.63, 3.8) is 0 Å². The molecular weight excluding hydrogens is 680 g/mol. The maximum absolute atomic E-state index is 12.0. The van der Waals surface area contributed by atoms with Crippen LogP contribution in [0.4, 0.5) is 0 Å². The van der Waals surface area contributed by atoms with E-state index in [1.165, 1.54) is 82.8 Å². The fourth-order valence-corrected chi connectivity index (χ4v) is 5.77. The van der Waals surface area contributed by atoms with Gasteiger partial charge < -0.3 is 37.9 Å². The van der Waals surface area contributed by atoms with Gasteiger partial charge in [0.1, 0.15) is 6.61 Å². The van der Waals surface area contributed by atoms with Gasteiger partial charge in [-0.15, -0.1) is 0 Å². The van der Waals surface area contributed by atoms with Crippen molar-refractivity contribution in [3.8, 4) is 0 Å². The molecule has 1 aromatic carbocycles. The van der Waals surface area contributed by atoms with E-state index >= 15 is 0 Å². The molecular formula is C38H68O12S. The third kappa shape index (κ3) is 32.7. The average molecular weight is 749 g/mol. The number of carbonyl (C=O) groups is 1. The fourth-order valence-electron chi connectivity index (χ4n) is 4.85. The highest BCUT2D eigenvalue weighted by atomic mass is 32.2. The van der Waals surface area contributed by atoms with E-state index in [2.05, 4.69) is 6.92 Å². The second kappa shape index (κ2) is 36.7. The van der Waals surface area contributed by atoms with Crippen molar-refractivity contribution < 1.29 is 55.3 Å². The van der Waals surface area contributed by atoms with Gasteiger partial charge in [0.05, 0.1) is 104 Å². The maximum atomic E-state index is 12.0. The van der Waals surface area contributed by atoms with E-state index in [0.717, 1.165) is 12.8 Å². The topological polar surface area (TPSA) is 134 Å². The van der Waals surface area contributed by atoms with Gasteiger partial charge in [-0.2, -0.15) is 8.42 Å². The Labute approximate surface area is 308 Å². The third-order valence-corrected chi connectivity index (χ3v) is 9.03. The molecule has 298 valence electrons. The average Bonchev–Trinajstić information content (AvgIpc) is 3.13. The van der Waals surface area contributed by atoms with Crippen LogP contribution >= 0.6 is 0 Å². The zero-order valence-corrected chi connectivity index (χ0v) is 32.2. The molecule has 51 heavy (non-hydrogen) atoms. The zero-order valence-electron chi connectivity index (χ0n) is 31.4. The van der Waals surface area contributed by atoms with Crippen LogP contribution in [0.2, 0.25) is 0 Å². The van der Waals surface area contributed by atoms with Crippen molar-refractivity contribution in [2.24, 2.45) is 0 Å². The molecule has 1 aromatic rings. The van der Waals surface area contributed by atoms with Gasteiger partial charge in [0.25, 0.3) is 10.1 Å². The molecule has 0 aromatic heterocycles. The van der Waals surface area contributed by atoms with E-state index in [4.69, 9.17) is 42.1 Å². The summed E-state index contributed by atoms with van der Waals surface area (Å²) < 4.78 is 72.2. The predicted molar refractivity (Wildman–Crippen MR) is 197 cm³/mol. The van der Waals surface area contributed by atoms with Crippen molar-refractivity contribution in [3.05, 3.63) is 30.3 Å². The van der Waals surface area contributed by atoms with Gasteiger partial charge in [-0.1, -0.05) is 102 Å². The lowest BCUT2D eigenvalue weighted by atomic mass is 10.0. The molecule has 12 nitrogen and oxygen atoms in total. The van der Waals surface area contributed by atoms with E-state index in [0.29, 0.717) is 92.3 Å².